The van der Waals surface area contributed by atoms with Crippen molar-refractivity contribution in [1.29, 1.82) is 0 Å². The lowest BCUT2D eigenvalue weighted by Gasteiger charge is -2.25. The molecule has 0 radical (unpaired) electrons. The standard InChI is InChI=1S/C12H21N3O/c1-6-12(4,5)16-11-9(3)10(13-7-2)14-8-15-11/h8H,6-7H2,1-5H3,(H,13,14,15). The highest BCUT2D eigenvalue weighted by atomic mass is 16.5. The van der Waals surface area contributed by atoms with Crippen LogP contribution in [-0.2, 0) is 0 Å². The molecule has 0 aromatic carbocycles. The first-order valence-corrected chi connectivity index (χ1v) is 5.74. The second-order valence-corrected chi connectivity index (χ2v) is 4.40. The van der Waals surface area contributed by atoms with Crippen LogP contribution in [0.2, 0.25) is 0 Å². The molecule has 1 heterocycles. The van der Waals surface area contributed by atoms with E-state index in [1.165, 1.54) is 6.33 Å². The van der Waals surface area contributed by atoms with E-state index >= 15 is 0 Å². The molecule has 0 fully saturated rings. The second kappa shape index (κ2) is 5.14. The van der Waals surface area contributed by atoms with Gasteiger partial charge in [0.25, 0.3) is 0 Å². The van der Waals surface area contributed by atoms with Crippen molar-refractivity contribution in [3.8, 4) is 5.88 Å². The van der Waals surface area contributed by atoms with E-state index in [1.54, 1.807) is 0 Å². The number of nitrogens with one attached hydrogen (secondary N) is 1. The Kier molecular flexibility index (Phi) is 4.10. The molecule has 1 aromatic heterocycles. The fourth-order valence-corrected chi connectivity index (χ4v) is 1.22. The molecule has 16 heavy (non-hydrogen) atoms. The highest BCUT2D eigenvalue weighted by molar-refractivity contribution is 5.47. The Morgan fingerprint density at radius 2 is 2.00 bits per heavy atom. The van der Waals surface area contributed by atoms with Gasteiger partial charge in [-0.15, -0.1) is 0 Å². The lowest BCUT2D eigenvalue weighted by Crippen LogP contribution is -2.27. The summed E-state index contributed by atoms with van der Waals surface area (Å²) in [5.74, 6) is 1.51. The van der Waals surface area contributed by atoms with Gasteiger partial charge in [0.15, 0.2) is 0 Å². The zero-order chi connectivity index (χ0) is 12.2. The second-order valence-electron chi connectivity index (χ2n) is 4.40. The predicted molar refractivity (Wildman–Crippen MR) is 65.9 cm³/mol. The van der Waals surface area contributed by atoms with Gasteiger partial charge in [0.1, 0.15) is 17.7 Å². The maximum Gasteiger partial charge on any atom is 0.222 e. The molecule has 4 nitrogen and oxygen atoms in total. The molecule has 0 saturated heterocycles. The Morgan fingerprint density at radius 3 is 2.56 bits per heavy atom. The van der Waals surface area contributed by atoms with Gasteiger partial charge in [-0.3, -0.25) is 0 Å². The molecule has 0 atom stereocenters. The fourth-order valence-electron chi connectivity index (χ4n) is 1.22. The molecule has 4 heteroatoms. The van der Waals surface area contributed by atoms with Gasteiger partial charge in [0.2, 0.25) is 5.88 Å². The fraction of sp³-hybridized carbons (Fsp3) is 0.667. The maximum atomic E-state index is 5.88. The molecular weight excluding hydrogens is 202 g/mol. The number of hydrogen-bond donors (Lipinski definition) is 1. The van der Waals surface area contributed by atoms with E-state index in [4.69, 9.17) is 4.74 Å². The van der Waals surface area contributed by atoms with Crippen LogP contribution in [0.3, 0.4) is 0 Å². The molecule has 0 amide bonds. The van der Waals surface area contributed by atoms with Gasteiger partial charge in [0.05, 0.1) is 5.56 Å². The van der Waals surface area contributed by atoms with Crippen molar-refractivity contribution in [2.75, 3.05) is 11.9 Å². The molecule has 0 bridgehead atoms. The van der Waals surface area contributed by atoms with Crippen molar-refractivity contribution in [1.82, 2.24) is 9.97 Å². The maximum absolute atomic E-state index is 5.88. The first-order chi connectivity index (χ1) is 7.50. The van der Waals surface area contributed by atoms with Gasteiger partial charge in [-0.05, 0) is 34.1 Å². The Hall–Kier alpha value is -1.32. The summed E-state index contributed by atoms with van der Waals surface area (Å²) in [4.78, 5) is 8.36. The van der Waals surface area contributed by atoms with Gasteiger partial charge >= 0.3 is 0 Å². The van der Waals surface area contributed by atoms with Crippen LogP contribution < -0.4 is 10.1 Å². The molecule has 0 aliphatic heterocycles. The average molecular weight is 223 g/mol. The van der Waals surface area contributed by atoms with Gasteiger partial charge in [-0.25, -0.2) is 9.97 Å². The Labute approximate surface area is 97.5 Å². The van der Waals surface area contributed by atoms with Crippen LogP contribution in [0.1, 0.15) is 39.7 Å². The third kappa shape index (κ3) is 3.08. The summed E-state index contributed by atoms with van der Waals surface area (Å²) in [6, 6.07) is 0. The Morgan fingerprint density at radius 1 is 1.31 bits per heavy atom. The summed E-state index contributed by atoms with van der Waals surface area (Å²) in [7, 11) is 0. The van der Waals surface area contributed by atoms with Gasteiger partial charge in [-0.2, -0.15) is 0 Å². The summed E-state index contributed by atoms with van der Waals surface area (Å²) in [6.45, 7) is 11.1. The Bertz CT molecular complexity index is 350. The summed E-state index contributed by atoms with van der Waals surface area (Å²) < 4.78 is 5.88. The number of nitrogens with zero attached hydrogens (tertiary/aromatic N) is 2. The van der Waals surface area contributed by atoms with Crippen LogP contribution in [0.25, 0.3) is 0 Å². The van der Waals surface area contributed by atoms with Gasteiger partial charge < -0.3 is 10.1 Å². The minimum atomic E-state index is -0.192. The number of ether oxygens (including phenoxy) is 1. The van der Waals surface area contributed by atoms with Crippen molar-refractivity contribution >= 4 is 5.82 Å². The monoisotopic (exact) mass is 223 g/mol. The van der Waals surface area contributed by atoms with Crippen LogP contribution in [-0.4, -0.2) is 22.1 Å². The SMILES string of the molecule is CCNc1ncnc(OC(C)(C)CC)c1C. The molecule has 1 rings (SSSR count). The first kappa shape index (κ1) is 12.7. The summed E-state index contributed by atoms with van der Waals surface area (Å²) in [6.07, 6.45) is 2.47. The minimum Gasteiger partial charge on any atom is -0.471 e. The van der Waals surface area contributed by atoms with Crippen LogP contribution in [0.15, 0.2) is 6.33 Å². The van der Waals surface area contributed by atoms with Crippen LogP contribution in [0, 0.1) is 6.92 Å². The molecule has 0 unspecified atom stereocenters. The molecular formula is C12H21N3O. The molecule has 0 aliphatic carbocycles. The van der Waals surface area contributed by atoms with Crippen LogP contribution in [0.4, 0.5) is 5.82 Å². The number of hydrogen-bond acceptors (Lipinski definition) is 4. The largest absolute Gasteiger partial charge is 0.471 e. The van der Waals surface area contributed by atoms with Crippen molar-refractivity contribution in [2.24, 2.45) is 0 Å². The van der Waals surface area contributed by atoms with Gasteiger partial charge in [-0.1, -0.05) is 6.92 Å². The molecule has 0 saturated carbocycles. The minimum absolute atomic E-state index is 0.192. The quantitative estimate of drug-likeness (QED) is 0.833. The number of anilines is 1. The van der Waals surface area contributed by atoms with E-state index in [-0.39, 0.29) is 5.60 Å². The molecule has 1 N–H and O–H groups in total. The molecule has 0 aliphatic rings. The summed E-state index contributed by atoms with van der Waals surface area (Å²) in [5, 5.41) is 3.19. The Balaban J connectivity index is 2.93. The van der Waals surface area contributed by atoms with Crippen LogP contribution in [0.5, 0.6) is 5.88 Å². The van der Waals surface area contributed by atoms with E-state index in [1.807, 2.05) is 13.8 Å². The number of aromatic nitrogens is 2. The highest BCUT2D eigenvalue weighted by Gasteiger charge is 2.19. The smallest absolute Gasteiger partial charge is 0.222 e. The van der Waals surface area contributed by atoms with E-state index in [0.29, 0.717) is 5.88 Å². The van der Waals surface area contributed by atoms with E-state index in [2.05, 4.69) is 36.1 Å². The summed E-state index contributed by atoms with van der Waals surface area (Å²) in [5.41, 5.74) is 0.772. The van der Waals surface area contributed by atoms with E-state index in [0.717, 1.165) is 24.3 Å². The van der Waals surface area contributed by atoms with E-state index < -0.39 is 0 Å². The normalized spacial score (nSPS) is 11.3. The summed E-state index contributed by atoms with van der Waals surface area (Å²) >= 11 is 0. The van der Waals surface area contributed by atoms with Crippen LogP contribution >= 0.6 is 0 Å². The van der Waals surface area contributed by atoms with Crippen molar-refractivity contribution < 1.29 is 4.74 Å². The first-order valence-electron chi connectivity index (χ1n) is 5.74. The third-order valence-corrected chi connectivity index (χ3v) is 2.61. The molecule has 0 spiro atoms. The average Bonchev–Trinajstić information content (AvgIpc) is 2.24. The molecule has 90 valence electrons. The lowest BCUT2D eigenvalue weighted by atomic mass is 10.1. The van der Waals surface area contributed by atoms with Crippen molar-refractivity contribution in [2.45, 2.75) is 46.6 Å². The third-order valence-electron chi connectivity index (χ3n) is 2.61. The van der Waals surface area contributed by atoms with Crippen molar-refractivity contribution in [3.05, 3.63) is 11.9 Å². The lowest BCUT2D eigenvalue weighted by molar-refractivity contribution is 0.0979. The van der Waals surface area contributed by atoms with E-state index in [9.17, 15) is 0 Å². The highest BCUT2D eigenvalue weighted by Crippen LogP contribution is 2.25. The zero-order valence-corrected chi connectivity index (χ0v) is 10.8. The van der Waals surface area contributed by atoms with Gasteiger partial charge in [0, 0.05) is 6.54 Å². The number of rotatable bonds is 5. The van der Waals surface area contributed by atoms with Crippen molar-refractivity contribution in [3.63, 3.8) is 0 Å². The topological polar surface area (TPSA) is 47.0 Å². The predicted octanol–water partition coefficient (Wildman–Crippen LogP) is 2.78. The molecule has 1 aromatic rings. The zero-order valence-electron chi connectivity index (χ0n) is 10.8.